The zero-order valence-corrected chi connectivity index (χ0v) is 13.1. The smallest absolute Gasteiger partial charge is 0.337 e. The summed E-state index contributed by atoms with van der Waals surface area (Å²) in [5.41, 5.74) is -0.286. The van der Waals surface area contributed by atoms with Gasteiger partial charge in [0.2, 0.25) is 5.13 Å². The summed E-state index contributed by atoms with van der Waals surface area (Å²) in [6.45, 7) is 1.87. The Bertz CT molecular complexity index is 789. The number of rotatable bonds is 5. The molecule has 0 aliphatic carbocycles. The first kappa shape index (κ1) is 15.7. The van der Waals surface area contributed by atoms with Crippen molar-refractivity contribution in [2.45, 2.75) is 18.2 Å². The van der Waals surface area contributed by atoms with Crippen LogP contribution in [0.1, 0.15) is 22.3 Å². The van der Waals surface area contributed by atoms with E-state index in [1.54, 1.807) is 0 Å². The van der Waals surface area contributed by atoms with Gasteiger partial charge >= 0.3 is 5.97 Å². The zero-order chi connectivity index (χ0) is 15.6. The molecule has 0 spiro atoms. The highest BCUT2D eigenvalue weighted by Crippen LogP contribution is 2.24. The summed E-state index contributed by atoms with van der Waals surface area (Å²) < 4.78 is 26.6. The Morgan fingerprint density at radius 1 is 1.43 bits per heavy atom. The Kier molecular flexibility index (Phi) is 4.45. The van der Waals surface area contributed by atoms with Crippen molar-refractivity contribution in [1.82, 2.24) is 10.2 Å². The molecule has 10 heteroatoms. The van der Waals surface area contributed by atoms with Gasteiger partial charge in [-0.05, 0) is 24.6 Å². The molecule has 7 nitrogen and oxygen atoms in total. The summed E-state index contributed by atoms with van der Waals surface area (Å²) >= 11 is 6.82. The van der Waals surface area contributed by atoms with Crippen LogP contribution >= 0.6 is 22.9 Å². The van der Waals surface area contributed by atoms with Crippen LogP contribution in [0, 0.1) is 0 Å². The molecule has 0 saturated carbocycles. The number of benzene rings is 1. The van der Waals surface area contributed by atoms with Crippen molar-refractivity contribution in [3.8, 4) is 0 Å². The summed E-state index contributed by atoms with van der Waals surface area (Å²) in [5, 5.41) is 17.2. The molecule has 112 valence electrons. The molecular weight excluding hydrogens is 338 g/mol. The molecule has 1 aromatic carbocycles. The minimum Gasteiger partial charge on any atom is -0.478 e. The average molecular weight is 348 g/mol. The Morgan fingerprint density at radius 2 is 2.14 bits per heavy atom. The van der Waals surface area contributed by atoms with Crippen LogP contribution in [0.5, 0.6) is 0 Å². The minimum atomic E-state index is -3.95. The summed E-state index contributed by atoms with van der Waals surface area (Å²) in [4.78, 5) is 10.8. The standard InChI is InChI=1S/C11H10ClN3O4S2/c1-2-9-13-14-11(20-9)15-21(18,19)6-3-4-8(12)7(5-6)10(16)17/h3-5H,2H2,1H3,(H,14,15)(H,16,17). The fraction of sp³-hybridized carbons (Fsp3) is 0.182. The average Bonchev–Trinajstić information content (AvgIpc) is 2.85. The highest BCUT2D eigenvalue weighted by atomic mass is 35.5. The molecule has 0 aliphatic rings. The van der Waals surface area contributed by atoms with Crippen molar-refractivity contribution in [1.29, 1.82) is 0 Å². The number of nitrogens with one attached hydrogen (secondary N) is 1. The molecule has 0 radical (unpaired) electrons. The molecule has 21 heavy (non-hydrogen) atoms. The number of aromatic nitrogens is 2. The number of halogens is 1. The first-order valence-corrected chi connectivity index (χ1v) is 8.39. The Morgan fingerprint density at radius 3 is 2.71 bits per heavy atom. The fourth-order valence-electron chi connectivity index (χ4n) is 1.45. The molecule has 0 unspecified atom stereocenters. The molecule has 2 N–H and O–H groups in total. The molecule has 2 aromatic rings. The van der Waals surface area contributed by atoms with Gasteiger partial charge in [0, 0.05) is 0 Å². The normalized spacial score (nSPS) is 11.3. The van der Waals surface area contributed by atoms with Crippen molar-refractivity contribution < 1.29 is 18.3 Å². The first-order valence-electron chi connectivity index (χ1n) is 5.71. The van der Waals surface area contributed by atoms with E-state index in [1.807, 2.05) is 6.92 Å². The van der Waals surface area contributed by atoms with E-state index in [2.05, 4.69) is 14.9 Å². The first-order chi connectivity index (χ1) is 9.83. The van der Waals surface area contributed by atoms with Gasteiger partial charge in [-0.3, -0.25) is 4.72 Å². The molecule has 1 aromatic heterocycles. The lowest BCUT2D eigenvalue weighted by Gasteiger charge is -2.06. The highest BCUT2D eigenvalue weighted by molar-refractivity contribution is 7.93. The third kappa shape index (κ3) is 3.49. The second-order valence-electron chi connectivity index (χ2n) is 3.91. The van der Waals surface area contributed by atoms with E-state index in [-0.39, 0.29) is 20.6 Å². The lowest BCUT2D eigenvalue weighted by molar-refractivity contribution is 0.0697. The largest absolute Gasteiger partial charge is 0.478 e. The zero-order valence-electron chi connectivity index (χ0n) is 10.7. The van der Waals surface area contributed by atoms with E-state index in [9.17, 15) is 13.2 Å². The van der Waals surface area contributed by atoms with Crippen molar-refractivity contribution in [2.24, 2.45) is 0 Å². The van der Waals surface area contributed by atoms with E-state index >= 15 is 0 Å². The number of carboxylic acid groups (broad SMARTS) is 1. The van der Waals surface area contributed by atoms with Crippen molar-refractivity contribution in [2.75, 3.05) is 4.72 Å². The van der Waals surface area contributed by atoms with E-state index < -0.39 is 16.0 Å². The van der Waals surface area contributed by atoms with Gasteiger partial charge in [0.15, 0.2) is 0 Å². The second-order valence-corrected chi connectivity index (χ2v) is 7.06. The Hall–Kier alpha value is -1.71. The molecule has 1 heterocycles. The summed E-state index contributed by atoms with van der Waals surface area (Å²) in [6, 6.07) is 3.44. The molecule has 0 fully saturated rings. The number of nitrogens with zero attached hydrogens (tertiary/aromatic N) is 2. The predicted octanol–water partition coefficient (Wildman–Crippen LogP) is 2.25. The van der Waals surface area contributed by atoms with Gasteiger partial charge in [0.05, 0.1) is 15.5 Å². The van der Waals surface area contributed by atoms with Gasteiger partial charge in [-0.25, -0.2) is 13.2 Å². The summed E-state index contributed by atoms with van der Waals surface area (Å²) in [7, 11) is -3.95. The predicted molar refractivity (Wildman–Crippen MR) is 78.5 cm³/mol. The SMILES string of the molecule is CCc1nnc(NS(=O)(=O)c2ccc(Cl)c(C(=O)O)c2)s1. The third-order valence-corrected chi connectivity index (χ3v) is 5.25. The minimum absolute atomic E-state index is 0.0364. The number of anilines is 1. The molecule has 2 rings (SSSR count). The number of aromatic carboxylic acids is 1. The third-order valence-electron chi connectivity index (χ3n) is 2.47. The number of hydrogen-bond donors (Lipinski definition) is 2. The molecule has 0 atom stereocenters. The maximum atomic E-state index is 12.2. The number of carboxylic acids is 1. The van der Waals surface area contributed by atoms with Crippen molar-refractivity contribution in [3.05, 3.63) is 33.8 Å². The van der Waals surface area contributed by atoms with Gasteiger partial charge in [-0.2, -0.15) is 0 Å². The van der Waals surface area contributed by atoms with E-state index in [0.717, 1.165) is 17.4 Å². The quantitative estimate of drug-likeness (QED) is 0.858. The van der Waals surface area contributed by atoms with Crippen molar-refractivity contribution in [3.63, 3.8) is 0 Å². The van der Waals surface area contributed by atoms with Crippen LogP contribution in [-0.2, 0) is 16.4 Å². The number of sulfonamides is 1. The van der Waals surface area contributed by atoms with Crippen LogP contribution in [0.3, 0.4) is 0 Å². The van der Waals surface area contributed by atoms with Crippen LogP contribution in [0.15, 0.2) is 23.1 Å². The fourth-order valence-corrected chi connectivity index (χ4v) is 3.58. The van der Waals surface area contributed by atoms with Crippen LogP contribution in [0.4, 0.5) is 5.13 Å². The Labute approximate surface area is 129 Å². The highest BCUT2D eigenvalue weighted by Gasteiger charge is 2.20. The molecular formula is C11H10ClN3O4S2. The Balaban J connectivity index is 2.35. The molecule has 0 amide bonds. The molecule has 0 bridgehead atoms. The van der Waals surface area contributed by atoms with Gasteiger partial charge in [0.25, 0.3) is 10.0 Å². The van der Waals surface area contributed by atoms with E-state index in [4.69, 9.17) is 16.7 Å². The number of aryl methyl sites for hydroxylation is 1. The van der Waals surface area contributed by atoms with Crippen LogP contribution in [0.25, 0.3) is 0 Å². The van der Waals surface area contributed by atoms with Gasteiger partial charge in [0.1, 0.15) is 5.01 Å². The summed E-state index contributed by atoms with van der Waals surface area (Å²) in [6.07, 6.45) is 0.642. The number of hydrogen-bond acceptors (Lipinski definition) is 6. The molecule has 0 aliphatic heterocycles. The van der Waals surface area contributed by atoms with Gasteiger partial charge in [-0.1, -0.05) is 29.9 Å². The maximum absolute atomic E-state index is 12.2. The van der Waals surface area contributed by atoms with E-state index in [1.165, 1.54) is 12.1 Å². The second kappa shape index (κ2) is 5.96. The van der Waals surface area contributed by atoms with Crippen LogP contribution < -0.4 is 4.72 Å². The van der Waals surface area contributed by atoms with Gasteiger partial charge in [-0.15, -0.1) is 10.2 Å². The maximum Gasteiger partial charge on any atom is 0.337 e. The van der Waals surface area contributed by atoms with E-state index in [0.29, 0.717) is 11.4 Å². The number of carbonyl (C=O) groups is 1. The molecule has 0 saturated heterocycles. The van der Waals surface area contributed by atoms with Crippen LogP contribution in [0.2, 0.25) is 5.02 Å². The topological polar surface area (TPSA) is 109 Å². The van der Waals surface area contributed by atoms with Crippen LogP contribution in [-0.4, -0.2) is 29.7 Å². The monoisotopic (exact) mass is 347 g/mol. The summed E-state index contributed by atoms with van der Waals surface area (Å²) in [5.74, 6) is -1.30. The van der Waals surface area contributed by atoms with Crippen molar-refractivity contribution >= 4 is 44.1 Å². The van der Waals surface area contributed by atoms with Gasteiger partial charge < -0.3 is 5.11 Å². The lowest BCUT2D eigenvalue weighted by atomic mass is 10.2. The lowest BCUT2D eigenvalue weighted by Crippen LogP contribution is -2.13.